The highest BCUT2D eigenvalue weighted by atomic mass is 27.0. The van der Waals surface area contributed by atoms with E-state index in [9.17, 15) is 9.59 Å². The Morgan fingerprint density at radius 3 is 2.47 bits per heavy atom. The fourth-order valence-electron chi connectivity index (χ4n) is 1.15. The molecule has 17 heavy (non-hydrogen) atoms. The van der Waals surface area contributed by atoms with E-state index in [2.05, 4.69) is 6.92 Å². The Balaban J connectivity index is 0. The molecular weight excluding hydrogens is 235 g/mol. The standard InChI is InChI=1S/C12H20O4.Al.3H/c1-2-3-4-5-6-7-10-16-12(15)9-8-11(13)14;;;;/h7,10H,2-6,8-9H2,1H3,(H,13,14);;;;. The van der Waals surface area contributed by atoms with Crippen LogP contribution in [0.5, 0.6) is 0 Å². The van der Waals surface area contributed by atoms with Gasteiger partial charge >= 0.3 is 11.9 Å². The number of aliphatic carboxylic acids is 1. The van der Waals surface area contributed by atoms with Gasteiger partial charge in [0.25, 0.3) is 0 Å². The van der Waals surface area contributed by atoms with Gasteiger partial charge in [-0.25, -0.2) is 0 Å². The summed E-state index contributed by atoms with van der Waals surface area (Å²) in [5.41, 5.74) is 0. The summed E-state index contributed by atoms with van der Waals surface area (Å²) in [5.74, 6) is -1.48. The number of allylic oxidation sites excluding steroid dienone is 1. The Hall–Kier alpha value is -0.788. The summed E-state index contributed by atoms with van der Waals surface area (Å²) in [6.45, 7) is 2.15. The van der Waals surface area contributed by atoms with Crippen LogP contribution in [0.3, 0.4) is 0 Å². The number of carboxylic acid groups (broad SMARTS) is 1. The number of carbonyl (C=O) groups is 2. The van der Waals surface area contributed by atoms with E-state index in [0.29, 0.717) is 0 Å². The molecule has 0 fully saturated rings. The van der Waals surface area contributed by atoms with Crippen molar-refractivity contribution in [3.63, 3.8) is 0 Å². The van der Waals surface area contributed by atoms with Gasteiger partial charge < -0.3 is 9.84 Å². The zero-order chi connectivity index (χ0) is 12.2. The molecule has 0 atom stereocenters. The Kier molecular flexibility index (Phi) is 14.5. The van der Waals surface area contributed by atoms with Crippen molar-refractivity contribution in [2.75, 3.05) is 0 Å². The first kappa shape index (κ1) is 18.6. The third-order valence-corrected chi connectivity index (χ3v) is 2.06. The number of carbonyl (C=O) groups excluding carboxylic acids is 1. The van der Waals surface area contributed by atoms with Gasteiger partial charge in [0.2, 0.25) is 0 Å². The summed E-state index contributed by atoms with van der Waals surface area (Å²) >= 11 is 0. The molecule has 0 spiro atoms. The fourth-order valence-corrected chi connectivity index (χ4v) is 1.15. The van der Waals surface area contributed by atoms with Crippen molar-refractivity contribution in [2.45, 2.75) is 51.9 Å². The van der Waals surface area contributed by atoms with E-state index in [1.54, 1.807) is 6.08 Å². The second-order valence-corrected chi connectivity index (χ2v) is 3.60. The van der Waals surface area contributed by atoms with Crippen molar-refractivity contribution in [3.05, 3.63) is 12.3 Å². The van der Waals surface area contributed by atoms with Crippen molar-refractivity contribution < 1.29 is 19.4 Å². The molecule has 0 aliphatic carbocycles. The lowest BCUT2D eigenvalue weighted by Crippen LogP contribution is -2.03. The SMILES string of the molecule is CCCCCCC=COC(=O)CCC(=O)O.[AlH3]. The molecule has 5 heteroatoms. The maximum absolute atomic E-state index is 10.9. The van der Waals surface area contributed by atoms with E-state index < -0.39 is 11.9 Å². The van der Waals surface area contributed by atoms with E-state index in [4.69, 9.17) is 9.84 Å². The topological polar surface area (TPSA) is 63.6 Å². The van der Waals surface area contributed by atoms with Crippen molar-refractivity contribution >= 4 is 29.3 Å². The summed E-state index contributed by atoms with van der Waals surface area (Å²) < 4.78 is 4.72. The third-order valence-electron chi connectivity index (χ3n) is 2.06. The van der Waals surface area contributed by atoms with Crippen LogP contribution in [0.25, 0.3) is 0 Å². The minimum Gasteiger partial charge on any atom is -0.481 e. The van der Waals surface area contributed by atoms with Gasteiger partial charge in [-0.15, -0.1) is 0 Å². The van der Waals surface area contributed by atoms with Crippen LogP contribution >= 0.6 is 0 Å². The van der Waals surface area contributed by atoms with Crippen LogP contribution in [0, 0.1) is 0 Å². The minimum absolute atomic E-state index is 0. The van der Waals surface area contributed by atoms with E-state index in [1.807, 2.05) is 0 Å². The normalized spacial score (nSPS) is 9.94. The number of rotatable bonds is 9. The van der Waals surface area contributed by atoms with Crippen LogP contribution in [0.15, 0.2) is 12.3 Å². The van der Waals surface area contributed by atoms with Gasteiger partial charge in [-0.05, 0) is 18.9 Å². The van der Waals surface area contributed by atoms with E-state index in [1.165, 1.54) is 25.5 Å². The molecule has 0 rings (SSSR count). The second-order valence-electron chi connectivity index (χ2n) is 3.60. The van der Waals surface area contributed by atoms with E-state index >= 15 is 0 Å². The van der Waals surface area contributed by atoms with Crippen LogP contribution in [0.4, 0.5) is 0 Å². The van der Waals surface area contributed by atoms with Crippen LogP contribution in [0.1, 0.15) is 51.9 Å². The Morgan fingerprint density at radius 1 is 1.18 bits per heavy atom. The molecule has 98 valence electrons. The van der Waals surface area contributed by atoms with Crippen molar-refractivity contribution in [1.82, 2.24) is 0 Å². The van der Waals surface area contributed by atoms with Crippen molar-refractivity contribution in [3.8, 4) is 0 Å². The molecule has 0 heterocycles. The second kappa shape index (κ2) is 13.3. The fraction of sp³-hybridized carbons (Fsp3) is 0.667. The first-order chi connectivity index (χ1) is 7.66. The van der Waals surface area contributed by atoms with E-state index in [-0.39, 0.29) is 30.2 Å². The monoisotopic (exact) mass is 258 g/mol. The van der Waals surface area contributed by atoms with Gasteiger partial charge in [0, 0.05) is 0 Å². The average Bonchev–Trinajstić information content (AvgIpc) is 2.25. The molecule has 0 aromatic carbocycles. The third kappa shape index (κ3) is 15.2. The number of unbranched alkanes of at least 4 members (excludes halogenated alkanes) is 4. The van der Waals surface area contributed by atoms with Gasteiger partial charge in [0.05, 0.1) is 19.1 Å². The largest absolute Gasteiger partial charge is 0.481 e. The summed E-state index contributed by atoms with van der Waals surface area (Å²) in [7, 11) is 0. The molecule has 0 amide bonds. The number of hydrogen-bond donors (Lipinski definition) is 1. The molecule has 0 aliphatic heterocycles. The molecule has 0 bridgehead atoms. The quantitative estimate of drug-likeness (QED) is 0.296. The van der Waals surface area contributed by atoms with Gasteiger partial charge in [-0.1, -0.05) is 26.2 Å². The van der Waals surface area contributed by atoms with Gasteiger partial charge in [0.1, 0.15) is 0 Å². The average molecular weight is 258 g/mol. The maximum atomic E-state index is 10.9. The first-order valence-electron chi connectivity index (χ1n) is 5.73. The highest BCUT2D eigenvalue weighted by Crippen LogP contribution is 2.03. The number of carboxylic acids is 1. The lowest BCUT2D eigenvalue weighted by Gasteiger charge is -1.97. The smallest absolute Gasteiger partial charge is 0.311 e. The predicted octanol–water partition coefficient (Wildman–Crippen LogP) is 1.69. The molecule has 0 saturated carbocycles. The van der Waals surface area contributed by atoms with Crippen molar-refractivity contribution in [2.24, 2.45) is 0 Å². The van der Waals surface area contributed by atoms with Gasteiger partial charge in [-0.2, -0.15) is 0 Å². The Labute approximate surface area is 113 Å². The van der Waals surface area contributed by atoms with Crippen LogP contribution in [0.2, 0.25) is 0 Å². The Bertz CT molecular complexity index is 239. The maximum Gasteiger partial charge on any atom is 0.311 e. The molecule has 0 aromatic rings. The zero-order valence-corrected chi connectivity index (χ0v) is 9.78. The van der Waals surface area contributed by atoms with E-state index in [0.717, 1.165) is 12.8 Å². The van der Waals surface area contributed by atoms with Crippen molar-refractivity contribution in [1.29, 1.82) is 0 Å². The van der Waals surface area contributed by atoms with Crippen LogP contribution < -0.4 is 0 Å². The lowest BCUT2D eigenvalue weighted by atomic mass is 10.1. The predicted molar refractivity (Wildman–Crippen MR) is 70.8 cm³/mol. The zero-order valence-electron chi connectivity index (χ0n) is 9.78. The molecule has 0 aliphatic rings. The highest BCUT2D eigenvalue weighted by molar-refractivity contribution is 5.76. The highest BCUT2D eigenvalue weighted by Gasteiger charge is 2.04. The number of hydrogen-bond acceptors (Lipinski definition) is 3. The molecule has 1 N–H and O–H groups in total. The lowest BCUT2D eigenvalue weighted by molar-refractivity contribution is -0.144. The number of esters is 1. The summed E-state index contributed by atoms with van der Waals surface area (Å²) in [6.07, 6.45) is 8.51. The first-order valence-corrected chi connectivity index (χ1v) is 5.73. The number of ether oxygens (including phenoxy) is 1. The molecule has 0 aromatic heterocycles. The Morgan fingerprint density at radius 2 is 1.88 bits per heavy atom. The summed E-state index contributed by atoms with van der Waals surface area (Å²) in [5, 5.41) is 8.33. The molecule has 0 saturated heterocycles. The van der Waals surface area contributed by atoms with Gasteiger partial charge in [-0.3, -0.25) is 9.59 Å². The van der Waals surface area contributed by atoms with Crippen LogP contribution in [-0.2, 0) is 14.3 Å². The van der Waals surface area contributed by atoms with Crippen LogP contribution in [-0.4, -0.2) is 34.4 Å². The minimum atomic E-state index is -0.986. The van der Waals surface area contributed by atoms with Gasteiger partial charge in [0.15, 0.2) is 17.4 Å². The molecule has 4 nitrogen and oxygen atoms in total. The summed E-state index contributed by atoms with van der Waals surface area (Å²) in [4.78, 5) is 21.1. The summed E-state index contributed by atoms with van der Waals surface area (Å²) in [6, 6.07) is 0. The molecular formula is C12H23AlO4. The molecule has 0 unspecified atom stereocenters. The molecule has 0 radical (unpaired) electrons.